The number of carbonyl (C=O) groups excluding carboxylic acids is 2. The number of amidine groups is 1. The number of aliphatic imine (C=N–C) groups is 1. The van der Waals surface area contributed by atoms with Gasteiger partial charge in [-0.2, -0.15) is 0 Å². The minimum absolute atomic E-state index is 0.0112. The molecule has 0 saturated carbocycles. The number of benzene rings is 3. The van der Waals surface area contributed by atoms with Crippen molar-refractivity contribution in [2.24, 2.45) is 4.99 Å². The number of hydrogen-bond donors (Lipinski definition) is 1. The van der Waals surface area contributed by atoms with Crippen LogP contribution in [0.3, 0.4) is 0 Å². The lowest BCUT2D eigenvalue weighted by molar-refractivity contribution is -0.128. The smallest absolute Gasteiger partial charge is 0.242 e. The Morgan fingerprint density at radius 2 is 1.76 bits per heavy atom. The number of amides is 2. The SMILES string of the molecule is O=C(C[C@H]1SC(=Nc2ccc(Cl)cc2)N(CCc2ccc(F)cc2)C1=O)Nc1cccc(Cl)c1. The van der Waals surface area contributed by atoms with Gasteiger partial charge in [0, 0.05) is 28.7 Å². The highest BCUT2D eigenvalue weighted by atomic mass is 35.5. The highest BCUT2D eigenvalue weighted by Crippen LogP contribution is 2.32. The Morgan fingerprint density at radius 3 is 2.47 bits per heavy atom. The monoisotopic (exact) mass is 515 g/mol. The zero-order valence-corrected chi connectivity index (χ0v) is 20.2. The Kier molecular flexibility index (Phi) is 7.88. The van der Waals surface area contributed by atoms with Crippen LogP contribution in [0.2, 0.25) is 10.0 Å². The average molecular weight is 516 g/mol. The summed E-state index contributed by atoms with van der Waals surface area (Å²) in [5.41, 5.74) is 2.11. The molecule has 0 spiro atoms. The van der Waals surface area contributed by atoms with Gasteiger partial charge in [-0.25, -0.2) is 9.38 Å². The van der Waals surface area contributed by atoms with Crippen LogP contribution in [0.5, 0.6) is 0 Å². The molecule has 9 heteroatoms. The Balaban J connectivity index is 1.50. The number of nitrogens with zero attached hydrogens (tertiary/aromatic N) is 2. The molecule has 0 radical (unpaired) electrons. The second-order valence-corrected chi connectivity index (χ2v) is 9.65. The fourth-order valence-electron chi connectivity index (χ4n) is 3.40. The molecule has 34 heavy (non-hydrogen) atoms. The first-order chi connectivity index (χ1) is 16.4. The number of hydrogen-bond acceptors (Lipinski definition) is 4. The highest BCUT2D eigenvalue weighted by molar-refractivity contribution is 8.15. The van der Waals surface area contributed by atoms with Gasteiger partial charge in [0.15, 0.2) is 5.17 Å². The van der Waals surface area contributed by atoms with Crippen molar-refractivity contribution in [2.75, 3.05) is 11.9 Å². The third-order valence-corrected chi connectivity index (χ3v) is 6.75. The number of carbonyl (C=O) groups is 2. The third-order valence-electron chi connectivity index (χ3n) is 5.09. The van der Waals surface area contributed by atoms with Crippen LogP contribution in [-0.2, 0) is 16.0 Å². The van der Waals surface area contributed by atoms with E-state index in [1.807, 2.05) is 0 Å². The summed E-state index contributed by atoms with van der Waals surface area (Å²) in [7, 11) is 0. The first-order valence-electron chi connectivity index (χ1n) is 10.5. The van der Waals surface area contributed by atoms with Gasteiger partial charge < -0.3 is 5.32 Å². The van der Waals surface area contributed by atoms with Crippen molar-refractivity contribution in [1.29, 1.82) is 0 Å². The van der Waals surface area contributed by atoms with Gasteiger partial charge in [-0.1, -0.05) is 53.2 Å². The summed E-state index contributed by atoms with van der Waals surface area (Å²) in [6.45, 7) is 0.357. The maximum Gasteiger partial charge on any atom is 0.242 e. The topological polar surface area (TPSA) is 61.8 Å². The van der Waals surface area contributed by atoms with E-state index >= 15 is 0 Å². The summed E-state index contributed by atoms with van der Waals surface area (Å²) >= 11 is 13.2. The van der Waals surface area contributed by atoms with Gasteiger partial charge in [0.2, 0.25) is 11.8 Å². The Hall–Kier alpha value is -2.87. The van der Waals surface area contributed by atoms with E-state index in [9.17, 15) is 14.0 Å². The van der Waals surface area contributed by atoms with Crippen molar-refractivity contribution < 1.29 is 14.0 Å². The number of rotatable bonds is 7. The molecule has 1 aliphatic rings. The summed E-state index contributed by atoms with van der Waals surface area (Å²) in [4.78, 5) is 32.0. The minimum atomic E-state index is -0.613. The second-order valence-electron chi connectivity index (χ2n) is 7.61. The summed E-state index contributed by atoms with van der Waals surface area (Å²) < 4.78 is 13.2. The van der Waals surface area contributed by atoms with E-state index in [1.165, 1.54) is 23.9 Å². The first kappa shape index (κ1) is 24.3. The first-order valence-corrected chi connectivity index (χ1v) is 12.1. The van der Waals surface area contributed by atoms with Gasteiger partial charge in [-0.05, 0) is 66.6 Å². The lowest BCUT2D eigenvalue weighted by Gasteiger charge is -2.16. The predicted octanol–water partition coefficient (Wildman–Crippen LogP) is 6.34. The standard InChI is InChI=1S/C25H20Cl2FN3O2S/c26-17-6-10-20(11-7-17)30-25-31(13-12-16-4-8-19(28)9-5-16)24(33)22(34-25)15-23(32)29-21-3-1-2-18(27)14-21/h1-11,14,22H,12-13,15H2,(H,29,32)/t22-/m1/s1. The maximum absolute atomic E-state index is 13.2. The third kappa shape index (κ3) is 6.38. The lowest BCUT2D eigenvalue weighted by Crippen LogP contribution is -2.35. The van der Waals surface area contributed by atoms with Crippen LogP contribution in [0.1, 0.15) is 12.0 Å². The predicted molar refractivity (Wildman–Crippen MR) is 136 cm³/mol. The van der Waals surface area contributed by atoms with E-state index in [4.69, 9.17) is 23.2 Å². The van der Waals surface area contributed by atoms with E-state index in [0.29, 0.717) is 39.6 Å². The van der Waals surface area contributed by atoms with Crippen LogP contribution in [0.15, 0.2) is 77.8 Å². The molecule has 5 nitrogen and oxygen atoms in total. The van der Waals surface area contributed by atoms with Crippen LogP contribution in [0.4, 0.5) is 15.8 Å². The summed E-state index contributed by atoms with van der Waals surface area (Å²) in [6, 6.07) is 20.0. The normalized spacial score (nSPS) is 16.8. The molecular weight excluding hydrogens is 496 g/mol. The van der Waals surface area contributed by atoms with E-state index in [0.717, 1.165) is 5.56 Å². The average Bonchev–Trinajstić information content (AvgIpc) is 3.08. The van der Waals surface area contributed by atoms with Crippen molar-refractivity contribution in [3.8, 4) is 0 Å². The molecule has 0 bridgehead atoms. The molecule has 1 atom stereocenters. The highest BCUT2D eigenvalue weighted by Gasteiger charge is 2.39. The minimum Gasteiger partial charge on any atom is -0.326 e. The molecule has 3 aromatic rings. The fourth-order valence-corrected chi connectivity index (χ4v) is 4.90. The molecule has 174 valence electrons. The molecule has 0 aromatic heterocycles. The molecular formula is C25H20Cl2FN3O2S. The summed E-state index contributed by atoms with van der Waals surface area (Å²) in [5.74, 6) is -0.798. The summed E-state index contributed by atoms with van der Waals surface area (Å²) in [5, 5.41) is 3.77. The molecule has 1 N–H and O–H groups in total. The molecule has 2 amide bonds. The molecule has 0 unspecified atom stereocenters. The van der Waals surface area contributed by atoms with Crippen molar-refractivity contribution in [1.82, 2.24) is 4.90 Å². The molecule has 0 aliphatic carbocycles. The van der Waals surface area contributed by atoms with Gasteiger partial charge in [0.05, 0.1) is 5.69 Å². The van der Waals surface area contributed by atoms with Crippen molar-refractivity contribution in [2.45, 2.75) is 18.1 Å². The quantitative estimate of drug-likeness (QED) is 0.399. The molecule has 1 saturated heterocycles. The Morgan fingerprint density at radius 1 is 1.03 bits per heavy atom. The van der Waals surface area contributed by atoms with Crippen LogP contribution in [0, 0.1) is 5.82 Å². The fraction of sp³-hybridized carbons (Fsp3) is 0.160. The van der Waals surface area contributed by atoms with Crippen LogP contribution in [0.25, 0.3) is 0 Å². The van der Waals surface area contributed by atoms with E-state index in [2.05, 4.69) is 10.3 Å². The second kappa shape index (κ2) is 11.0. The molecule has 1 heterocycles. The lowest BCUT2D eigenvalue weighted by atomic mass is 10.1. The van der Waals surface area contributed by atoms with Crippen molar-refractivity contribution in [3.63, 3.8) is 0 Å². The van der Waals surface area contributed by atoms with Gasteiger partial charge in [0.1, 0.15) is 11.1 Å². The Labute approximate surface area is 211 Å². The van der Waals surface area contributed by atoms with E-state index < -0.39 is 5.25 Å². The van der Waals surface area contributed by atoms with Gasteiger partial charge in [0.25, 0.3) is 0 Å². The molecule has 4 rings (SSSR count). The Bertz CT molecular complexity index is 1220. The molecule has 1 fully saturated rings. The van der Waals surface area contributed by atoms with Crippen LogP contribution >= 0.6 is 35.0 Å². The van der Waals surface area contributed by atoms with E-state index in [1.54, 1.807) is 65.6 Å². The largest absolute Gasteiger partial charge is 0.326 e. The zero-order chi connectivity index (χ0) is 24.1. The molecule has 3 aromatic carbocycles. The van der Waals surface area contributed by atoms with Crippen molar-refractivity contribution in [3.05, 3.63) is 94.2 Å². The van der Waals surface area contributed by atoms with Crippen LogP contribution in [-0.4, -0.2) is 33.7 Å². The molecule has 1 aliphatic heterocycles. The van der Waals surface area contributed by atoms with Gasteiger partial charge in [-0.3, -0.25) is 14.5 Å². The number of thioether (sulfide) groups is 1. The van der Waals surface area contributed by atoms with Crippen LogP contribution < -0.4 is 5.32 Å². The summed E-state index contributed by atoms with van der Waals surface area (Å²) in [6.07, 6.45) is 0.510. The van der Waals surface area contributed by atoms with Crippen molar-refractivity contribution >= 4 is 63.3 Å². The van der Waals surface area contributed by atoms with Gasteiger partial charge in [-0.15, -0.1) is 0 Å². The zero-order valence-electron chi connectivity index (χ0n) is 17.9. The number of anilines is 1. The van der Waals surface area contributed by atoms with E-state index in [-0.39, 0.29) is 24.1 Å². The maximum atomic E-state index is 13.2. The number of nitrogens with one attached hydrogen (secondary N) is 1. The van der Waals surface area contributed by atoms with Gasteiger partial charge >= 0.3 is 0 Å². The number of halogens is 3.